The Labute approximate surface area is 584 Å². The summed E-state index contributed by atoms with van der Waals surface area (Å²) in [4.78, 5) is 0. The molecule has 26 aromatic carbocycles. The van der Waals surface area contributed by atoms with Gasteiger partial charge in [-0.05, 0) is 331 Å². The van der Waals surface area contributed by atoms with Crippen LogP contribution in [0.4, 0.5) is 0 Å². The molecule has 1 saturated carbocycles. The minimum absolute atomic E-state index is 0. The van der Waals surface area contributed by atoms with E-state index < -0.39 is 27.1 Å². The number of hydrogen-bond acceptors (Lipinski definition) is 0. The van der Waals surface area contributed by atoms with E-state index in [-0.39, 0.29) is 51.4 Å². The molecule has 11 aliphatic carbocycles. The molecule has 0 heterocycles. The van der Waals surface area contributed by atoms with Gasteiger partial charge in [-0.15, -0.1) is 0 Å². The standard InChI is InChI=1S/C95H35.K/c1-6-16-31(17-7-1)26-91-76-66-56-46-41-36-37-39-40-38(36)43-50-48(41)58(56)68-70-60(50)62-52(43)54-45(40)55-53-44(39)51-49-42(37)47(46)57-59(49)69-71-61(51)63(53)73-75-65(55)64(54)74-72(62)82-80(70)92(78(68)76,27-32-18-8-2-9-19-32)87-86(91)88-90-89(87)94(82,29-34-22-12-4-13-23-34)84(74)85(75)95(90,30-35-24-14-5-15-25-35)83(73)81(71)93(88,79(69)77(91)67(57)66)28-33-20-10-3-11-21-33;/h1-25H,26-30H2;/q;+1. The van der Waals surface area contributed by atoms with Crippen molar-refractivity contribution >= 4 is 215 Å². The second-order valence-electron chi connectivity index (χ2n) is 33.5. The summed E-state index contributed by atoms with van der Waals surface area (Å²) in [5, 5.41) is 66.5. The Hall–Kier alpha value is -8.76. The molecule has 0 atom stereocenters. The van der Waals surface area contributed by atoms with Crippen molar-refractivity contribution in [3.05, 3.63) is 265 Å². The van der Waals surface area contributed by atoms with Crippen molar-refractivity contribution in [2.75, 3.05) is 0 Å². The Balaban J connectivity index is 0.00000469. The molecular formula is C95H35K+. The van der Waals surface area contributed by atoms with Crippen LogP contribution in [0.3, 0.4) is 0 Å². The van der Waals surface area contributed by atoms with Crippen LogP contribution in [0.25, 0.3) is 215 Å². The van der Waals surface area contributed by atoms with Gasteiger partial charge in [0, 0.05) is 56.7 Å². The second-order valence-corrected chi connectivity index (χ2v) is 33.5. The van der Waals surface area contributed by atoms with Crippen LogP contribution in [0.2, 0.25) is 0 Å². The Morgan fingerprint density at radius 1 is 0.135 bits per heavy atom. The summed E-state index contributed by atoms with van der Waals surface area (Å²) in [5.41, 5.74) is 22.5. The summed E-state index contributed by atoms with van der Waals surface area (Å²) in [6, 6.07) is 61.1. The summed E-state index contributed by atoms with van der Waals surface area (Å²) in [5.74, 6) is 8.93. The van der Waals surface area contributed by atoms with Crippen molar-refractivity contribution < 1.29 is 51.4 Å². The molecule has 0 spiro atoms. The third kappa shape index (κ3) is 3.04. The summed E-state index contributed by atoms with van der Waals surface area (Å²) in [7, 11) is 0. The third-order valence-corrected chi connectivity index (χ3v) is 31.7. The van der Waals surface area contributed by atoms with E-state index in [9.17, 15) is 0 Å². The van der Waals surface area contributed by atoms with Gasteiger partial charge in [0.05, 0.1) is 0 Å². The molecule has 1 heteroatoms. The minimum atomic E-state index is -0.485. The van der Waals surface area contributed by atoms with E-state index >= 15 is 0 Å². The molecule has 415 valence electrons. The zero-order valence-corrected chi connectivity index (χ0v) is 54.6. The van der Waals surface area contributed by atoms with Gasteiger partial charge in [-0.3, -0.25) is 0 Å². The molecule has 26 aromatic rings. The van der Waals surface area contributed by atoms with Crippen LogP contribution in [-0.2, 0) is 59.2 Å². The maximum Gasteiger partial charge on any atom is 1.00 e. The van der Waals surface area contributed by atoms with Gasteiger partial charge < -0.3 is 0 Å². The summed E-state index contributed by atoms with van der Waals surface area (Å²) >= 11 is 0. The normalized spacial score (nSPS) is 25.8. The smallest absolute Gasteiger partial charge is 0.0622 e. The Morgan fingerprint density at radius 3 is 0.354 bits per heavy atom. The van der Waals surface area contributed by atoms with Crippen LogP contribution in [0.15, 0.2) is 152 Å². The topological polar surface area (TPSA) is 0 Å². The van der Waals surface area contributed by atoms with E-state index in [1.165, 1.54) is 27.8 Å². The fourth-order valence-corrected chi connectivity index (χ4v) is 31.0. The van der Waals surface area contributed by atoms with Crippen LogP contribution in [0, 0.1) is 29.6 Å². The van der Waals surface area contributed by atoms with Gasteiger partial charge >= 0.3 is 51.4 Å². The van der Waals surface area contributed by atoms with Gasteiger partial charge in [0.2, 0.25) is 0 Å². The monoisotopic (exact) mass is 1210 g/mol. The van der Waals surface area contributed by atoms with Crippen LogP contribution in [0.5, 0.6) is 0 Å². The van der Waals surface area contributed by atoms with Gasteiger partial charge in [0.1, 0.15) is 0 Å². The molecule has 0 nitrogen and oxygen atoms in total. The number of benzene rings is 20. The van der Waals surface area contributed by atoms with Crippen molar-refractivity contribution in [2.45, 2.75) is 59.2 Å². The first-order chi connectivity index (χ1) is 47.2. The van der Waals surface area contributed by atoms with E-state index in [4.69, 9.17) is 0 Å². The van der Waals surface area contributed by atoms with E-state index in [0.717, 1.165) is 32.1 Å². The van der Waals surface area contributed by atoms with Crippen LogP contribution in [0.1, 0.15) is 83.5 Å². The molecule has 5 radical (unpaired) electrons. The molecule has 0 amide bonds. The first kappa shape index (κ1) is 44.1. The quantitative estimate of drug-likeness (QED) is 0.0946. The van der Waals surface area contributed by atoms with Crippen LogP contribution >= 0.6 is 0 Å². The average molecular weight is 1220 g/mol. The summed E-state index contributed by atoms with van der Waals surface area (Å²) < 4.78 is 0. The van der Waals surface area contributed by atoms with Crippen molar-refractivity contribution in [3.63, 3.8) is 0 Å². The molecule has 37 rings (SSSR count). The van der Waals surface area contributed by atoms with Gasteiger partial charge in [0.15, 0.2) is 0 Å². The molecule has 96 heavy (non-hydrogen) atoms. The van der Waals surface area contributed by atoms with Crippen LogP contribution in [-0.4, -0.2) is 0 Å². The minimum Gasteiger partial charge on any atom is -0.0622 e. The van der Waals surface area contributed by atoms with Gasteiger partial charge in [0.25, 0.3) is 0 Å². The van der Waals surface area contributed by atoms with Crippen molar-refractivity contribution in [1.29, 1.82) is 0 Å². The molecule has 0 aliphatic heterocycles. The van der Waals surface area contributed by atoms with Gasteiger partial charge in [-0.2, -0.15) is 0 Å². The predicted octanol–water partition coefficient (Wildman–Crippen LogP) is 18.8. The molecule has 0 saturated heterocycles. The number of rotatable bonds is 10. The molecule has 1 fully saturated rings. The van der Waals surface area contributed by atoms with Crippen molar-refractivity contribution in [3.8, 4) is 0 Å². The first-order valence-electron chi connectivity index (χ1n) is 35.6. The van der Waals surface area contributed by atoms with E-state index in [1.807, 2.05) is 0 Å². The predicted molar refractivity (Wildman–Crippen MR) is 389 cm³/mol. The molecule has 0 bridgehead atoms. The summed E-state index contributed by atoms with van der Waals surface area (Å²) in [6.45, 7) is 0. The van der Waals surface area contributed by atoms with Gasteiger partial charge in [-0.25, -0.2) is 0 Å². The maximum atomic E-state index is 2.57. The molecular weight excluding hydrogens is 1180 g/mol. The largest absolute Gasteiger partial charge is 1.00 e. The van der Waals surface area contributed by atoms with Crippen molar-refractivity contribution in [1.82, 2.24) is 0 Å². The van der Waals surface area contributed by atoms with E-state index in [0.29, 0.717) is 0 Å². The fourth-order valence-electron chi connectivity index (χ4n) is 31.0. The third-order valence-electron chi connectivity index (χ3n) is 31.7. The first-order valence-corrected chi connectivity index (χ1v) is 35.6. The van der Waals surface area contributed by atoms with Gasteiger partial charge in [-0.1, -0.05) is 152 Å². The Bertz CT molecular complexity index is 6860. The van der Waals surface area contributed by atoms with Crippen LogP contribution < -0.4 is 51.4 Å². The molecule has 0 unspecified atom stereocenters. The van der Waals surface area contributed by atoms with E-state index in [1.54, 1.807) is 301 Å². The zero-order valence-electron chi connectivity index (χ0n) is 51.5. The maximum absolute atomic E-state index is 2.57. The Morgan fingerprint density at radius 2 is 0.240 bits per heavy atom. The second kappa shape index (κ2) is 11.7. The van der Waals surface area contributed by atoms with Crippen molar-refractivity contribution in [2.24, 2.45) is 0 Å². The fraction of sp³-hybridized carbons (Fsp3) is 0.105. The molecule has 0 N–H and O–H groups in total. The average Bonchev–Trinajstić information content (AvgIpc) is 1.37. The number of hydrogen-bond donors (Lipinski definition) is 0. The molecule has 11 aliphatic rings. The SMILES string of the molecule is [K+].c1ccc(CC23[C]4[C]5[C]6[C]7[C]4C4(Cc8ccccc8)c8c2c2c9c3c3c%10c%11c(c%12c%13c%14c(c%15c%16c%17c(c4c4c8c8c2c2c%18c9c%10c9c%10c%11c%13c%11c%13c%14c%16c%14c%16c%17c4c4c8c2c2c(c%189)c(c%10%11)c(c%13%14)c2c4%16)C7%15Cc2ccccc2)C6%12Cc2ccccc2)C53Cc2ccccc2)cc1. The zero-order chi connectivity index (χ0) is 58.4. The molecule has 0 aromatic heterocycles. The summed E-state index contributed by atoms with van der Waals surface area (Å²) in [6.07, 6.45) is 4.76. The van der Waals surface area contributed by atoms with E-state index in [2.05, 4.69) is 152 Å². The Kier molecular flexibility index (Phi) is 5.39.